The van der Waals surface area contributed by atoms with Gasteiger partial charge >= 0.3 is 5.97 Å². The normalized spacial score (nSPS) is 17.1. The zero-order chi connectivity index (χ0) is 15.5. The zero-order valence-corrected chi connectivity index (χ0v) is 12.7. The largest absolute Gasteiger partial charge is 0.488 e. The smallest absolute Gasteiger partial charge is 0.329 e. The molecule has 1 aromatic rings. The Morgan fingerprint density at radius 1 is 1.48 bits per heavy atom. The van der Waals surface area contributed by atoms with Gasteiger partial charge in [-0.1, -0.05) is 6.07 Å². The van der Waals surface area contributed by atoms with Gasteiger partial charge in [0.25, 0.3) is 0 Å². The number of aryl methyl sites for hydroxylation is 1. The van der Waals surface area contributed by atoms with Crippen molar-refractivity contribution in [2.24, 2.45) is 0 Å². The predicted octanol–water partition coefficient (Wildman–Crippen LogP) is 2.59. The molecular formula is C16H22FNO3. The molecule has 1 fully saturated rings. The van der Waals surface area contributed by atoms with Crippen molar-refractivity contribution in [3.8, 4) is 5.75 Å². The van der Waals surface area contributed by atoms with Crippen LogP contribution in [-0.2, 0) is 9.53 Å². The van der Waals surface area contributed by atoms with Gasteiger partial charge in [0.05, 0.1) is 6.61 Å². The van der Waals surface area contributed by atoms with Crippen molar-refractivity contribution < 1.29 is 18.7 Å². The quantitative estimate of drug-likeness (QED) is 0.786. The summed E-state index contributed by atoms with van der Waals surface area (Å²) < 4.78 is 24.4. The number of carbonyl (C=O) groups excluding carboxylic acids is 1. The highest BCUT2D eigenvalue weighted by atomic mass is 19.1. The fourth-order valence-corrected chi connectivity index (χ4v) is 2.07. The Balaban J connectivity index is 2.07. The summed E-state index contributed by atoms with van der Waals surface area (Å²) in [5, 5.41) is 3.23. The lowest BCUT2D eigenvalue weighted by Gasteiger charge is -2.28. The molecule has 0 aliphatic heterocycles. The van der Waals surface area contributed by atoms with Crippen molar-refractivity contribution in [3.63, 3.8) is 0 Å². The number of nitrogens with one attached hydrogen (secondary N) is 1. The topological polar surface area (TPSA) is 47.6 Å². The van der Waals surface area contributed by atoms with Crippen molar-refractivity contribution in [2.45, 2.75) is 45.2 Å². The minimum atomic E-state index is -0.965. The minimum Gasteiger partial charge on any atom is -0.488 e. The van der Waals surface area contributed by atoms with Gasteiger partial charge in [0, 0.05) is 6.04 Å². The van der Waals surface area contributed by atoms with Crippen LogP contribution < -0.4 is 10.1 Å². The standard InChI is InChI=1S/C16H22FNO3/c1-4-20-15(19)16(3,18-12-6-7-12)10-21-14-9-11(2)5-8-13(14)17/h5,8-9,12,18H,4,6-7,10H2,1-3H3. The van der Waals surface area contributed by atoms with E-state index in [0.717, 1.165) is 18.4 Å². The van der Waals surface area contributed by atoms with Gasteiger partial charge in [-0.05, 0) is 51.3 Å². The number of esters is 1. The van der Waals surface area contributed by atoms with E-state index in [1.165, 1.54) is 6.07 Å². The molecule has 1 saturated carbocycles. The van der Waals surface area contributed by atoms with Crippen molar-refractivity contribution in [1.29, 1.82) is 0 Å². The summed E-state index contributed by atoms with van der Waals surface area (Å²) >= 11 is 0. The molecule has 0 aromatic heterocycles. The van der Waals surface area contributed by atoms with Crippen LogP contribution in [0.4, 0.5) is 4.39 Å². The number of hydrogen-bond donors (Lipinski definition) is 1. The van der Waals surface area contributed by atoms with Crippen molar-refractivity contribution in [2.75, 3.05) is 13.2 Å². The highest BCUT2D eigenvalue weighted by Crippen LogP contribution is 2.25. The highest BCUT2D eigenvalue weighted by molar-refractivity contribution is 5.80. The van der Waals surface area contributed by atoms with Crippen molar-refractivity contribution in [3.05, 3.63) is 29.6 Å². The lowest BCUT2D eigenvalue weighted by atomic mass is 10.0. The van der Waals surface area contributed by atoms with Crippen LogP contribution in [0.15, 0.2) is 18.2 Å². The molecule has 5 heteroatoms. The first-order valence-corrected chi connectivity index (χ1v) is 7.28. The van der Waals surface area contributed by atoms with Crippen LogP contribution in [0.5, 0.6) is 5.75 Å². The third-order valence-corrected chi connectivity index (χ3v) is 3.43. The van der Waals surface area contributed by atoms with E-state index < -0.39 is 11.4 Å². The molecule has 0 amide bonds. The second-order valence-electron chi connectivity index (χ2n) is 5.69. The van der Waals surface area contributed by atoms with E-state index >= 15 is 0 Å². The Morgan fingerprint density at radius 3 is 2.81 bits per heavy atom. The molecule has 1 aliphatic carbocycles. The van der Waals surface area contributed by atoms with Crippen molar-refractivity contribution in [1.82, 2.24) is 5.32 Å². The summed E-state index contributed by atoms with van der Waals surface area (Å²) in [6, 6.07) is 4.97. The average molecular weight is 295 g/mol. The lowest BCUT2D eigenvalue weighted by molar-refractivity contribution is -0.152. The number of rotatable bonds is 7. The maximum Gasteiger partial charge on any atom is 0.329 e. The maximum absolute atomic E-state index is 13.7. The zero-order valence-electron chi connectivity index (χ0n) is 12.7. The Hall–Kier alpha value is -1.62. The van der Waals surface area contributed by atoms with E-state index in [2.05, 4.69) is 5.32 Å². The molecule has 1 aliphatic rings. The highest BCUT2D eigenvalue weighted by Gasteiger charge is 2.40. The Labute approximate surface area is 124 Å². The molecule has 0 spiro atoms. The molecule has 1 N–H and O–H groups in total. The molecule has 21 heavy (non-hydrogen) atoms. The first-order valence-electron chi connectivity index (χ1n) is 7.28. The lowest BCUT2D eigenvalue weighted by Crippen LogP contribution is -2.55. The number of ether oxygens (including phenoxy) is 2. The third kappa shape index (κ3) is 4.17. The average Bonchev–Trinajstić information content (AvgIpc) is 3.24. The second-order valence-corrected chi connectivity index (χ2v) is 5.69. The SMILES string of the molecule is CCOC(=O)C(C)(COc1cc(C)ccc1F)NC1CC1. The fourth-order valence-electron chi connectivity index (χ4n) is 2.07. The molecule has 1 aromatic carbocycles. The molecule has 0 radical (unpaired) electrons. The van der Waals surface area contributed by atoms with Crippen LogP contribution in [0.2, 0.25) is 0 Å². The van der Waals surface area contributed by atoms with Gasteiger partial charge in [-0.2, -0.15) is 0 Å². The van der Waals surface area contributed by atoms with Gasteiger partial charge in [-0.25, -0.2) is 9.18 Å². The summed E-state index contributed by atoms with van der Waals surface area (Å²) in [5.41, 5.74) is -0.0627. The fraction of sp³-hybridized carbons (Fsp3) is 0.562. The van der Waals surface area contributed by atoms with Gasteiger partial charge in [0.2, 0.25) is 0 Å². The van der Waals surface area contributed by atoms with Crippen LogP contribution in [-0.4, -0.2) is 30.8 Å². The van der Waals surface area contributed by atoms with Crippen LogP contribution in [0.3, 0.4) is 0 Å². The summed E-state index contributed by atoms with van der Waals surface area (Å²) in [5.74, 6) is -0.647. The van der Waals surface area contributed by atoms with E-state index in [1.807, 2.05) is 6.92 Å². The van der Waals surface area contributed by atoms with Gasteiger partial charge in [0.1, 0.15) is 12.1 Å². The predicted molar refractivity (Wildman–Crippen MR) is 77.8 cm³/mol. The van der Waals surface area contributed by atoms with Gasteiger partial charge in [-0.15, -0.1) is 0 Å². The van der Waals surface area contributed by atoms with E-state index in [9.17, 15) is 9.18 Å². The van der Waals surface area contributed by atoms with Crippen LogP contribution in [0, 0.1) is 12.7 Å². The molecule has 2 rings (SSSR count). The van der Waals surface area contributed by atoms with Crippen molar-refractivity contribution >= 4 is 5.97 Å². The molecule has 0 bridgehead atoms. The molecule has 0 heterocycles. The summed E-state index contributed by atoms with van der Waals surface area (Å²) in [6.45, 7) is 5.69. The van der Waals surface area contributed by atoms with Crippen LogP contribution in [0.1, 0.15) is 32.3 Å². The van der Waals surface area contributed by atoms with E-state index in [-0.39, 0.29) is 18.3 Å². The number of carbonyl (C=O) groups is 1. The molecular weight excluding hydrogens is 273 g/mol. The van der Waals surface area contributed by atoms with Crippen LogP contribution >= 0.6 is 0 Å². The van der Waals surface area contributed by atoms with E-state index in [0.29, 0.717) is 12.6 Å². The summed E-state index contributed by atoms with van der Waals surface area (Å²) in [4.78, 5) is 12.1. The summed E-state index contributed by atoms with van der Waals surface area (Å²) in [6.07, 6.45) is 2.07. The number of halogens is 1. The number of benzene rings is 1. The Bertz CT molecular complexity index is 516. The number of hydrogen-bond acceptors (Lipinski definition) is 4. The van der Waals surface area contributed by atoms with E-state index in [1.54, 1.807) is 26.0 Å². The molecule has 1 atom stereocenters. The monoisotopic (exact) mass is 295 g/mol. The Kier molecular flexibility index (Phi) is 4.83. The molecule has 0 saturated heterocycles. The first kappa shape index (κ1) is 15.8. The van der Waals surface area contributed by atoms with Gasteiger partial charge in [-0.3, -0.25) is 5.32 Å². The third-order valence-electron chi connectivity index (χ3n) is 3.43. The second kappa shape index (κ2) is 6.43. The van der Waals surface area contributed by atoms with Crippen LogP contribution in [0.25, 0.3) is 0 Å². The summed E-state index contributed by atoms with van der Waals surface area (Å²) in [7, 11) is 0. The van der Waals surface area contributed by atoms with Gasteiger partial charge < -0.3 is 9.47 Å². The molecule has 4 nitrogen and oxygen atoms in total. The Morgan fingerprint density at radius 2 is 2.19 bits per heavy atom. The molecule has 116 valence electrons. The maximum atomic E-state index is 13.7. The van der Waals surface area contributed by atoms with E-state index in [4.69, 9.17) is 9.47 Å². The van der Waals surface area contributed by atoms with Gasteiger partial charge in [0.15, 0.2) is 11.6 Å². The minimum absolute atomic E-state index is 0.0305. The molecule has 1 unspecified atom stereocenters. The first-order chi connectivity index (χ1) is 9.94.